The summed E-state index contributed by atoms with van der Waals surface area (Å²) in [6.07, 6.45) is 84.1. The van der Waals surface area contributed by atoms with E-state index in [-0.39, 0.29) is 38.2 Å². The summed E-state index contributed by atoms with van der Waals surface area (Å²) in [6, 6.07) is 0. The van der Waals surface area contributed by atoms with E-state index in [4.69, 9.17) is 18.9 Å². The minimum atomic E-state index is -1.51. The molecule has 2 atom stereocenters. The molecule has 0 aromatic heterocycles. The van der Waals surface area contributed by atoms with Crippen LogP contribution in [-0.4, -0.2) is 87.4 Å². The number of carbonyl (C=O) groups excluding carboxylic acids is 2. The lowest BCUT2D eigenvalue weighted by molar-refractivity contribution is -0.870. The van der Waals surface area contributed by atoms with E-state index in [1.54, 1.807) is 0 Å². The maximum Gasteiger partial charge on any atom is 0.361 e. The van der Waals surface area contributed by atoms with Crippen molar-refractivity contribution in [3.63, 3.8) is 0 Å². The van der Waals surface area contributed by atoms with Crippen LogP contribution in [0.2, 0.25) is 0 Å². The molecule has 0 radical (unpaired) electrons. The van der Waals surface area contributed by atoms with Crippen LogP contribution >= 0.6 is 0 Å². The second-order valence-corrected chi connectivity index (χ2v) is 28.7. The molecule has 0 aromatic carbocycles. The lowest BCUT2D eigenvalue weighted by Gasteiger charge is -2.25. The van der Waals surface area contributed by atoms with Crippen molar-refractivity contribution in [2.45, 2.75) is 444 Å². The maximum absolute atomic E-state index is 13.0. The summed E-state index contributed by atoms with van der Waals surface area (Å²) in [5.41, 5.74) is 0. The van der Waals surface area contributed by atoms with E-state index in [0.29, 0.717) is 17.4 Å². The van der Waals surface area contributed by atoms with Crippen LogP contribution in [0.25, 0.3) is 0 Å². The molecular formula is C79H156NO8+. The monoisotopic (exact) mass is 1250 g/mol. The zero-order valence-electron chi connectivity index (χ0n) is 60.2. The fraction of sp³-hybridized carbons (Fsp3) is 0.962. The Kier molecular flexibility index (Phi) is 69.8. The molecule has 9 nitrogen and oxygen atoms in total. The van der Waals surface area contributed by atoms with Gasteiger partial charge in [-0.05, 0) is 12.8 Å². The van der Waals surface area contributed by atoms with E-state index < -0.39 is 18.4 Å². The first-order valence-electron chi connectivity index (χ1n) is 39.7. The van der Waals surface area contributed by atoms with Gasteiger partial charge in [0.2, 0.25) is 0 Å². The van der Waals surface area contributed by atoms with Gasteiger partial charge in [0, 0.05) is 12.8 Å². The number of ether oxygens (including phenoxy) is 4. The van der Waals surface area contributed by atoms with Crippen molar-refractivity contribution in [3.8, 4) is 0 Å². The molecule has 0 spiro atoms. The first-order valence-corrected chi connectivity index (χ1v) is 39.7. The highest BCUT2D eigenvalue weighted by Crippen LogP contribution is 2.21. The second-order valence-electron chi connectivity index (χ2n) is 28.7. The van der Waals surface area contributed by atoms with Gasteiger partial charge < -0.3 is 28.5 Å². The number of hydrogen-bond acceptors (Lipinski definition) is 7. The minimum Gasteiger partial charge on any atom is -0.477 e. The van der Waals surface area contributed by atoms with Crippen LogP contribution in [0.15, 0.2) is 0 Å². The lowest BCUT2D eigenvalue weighted by Crippen LogP contribution is -2.40. The van der Waals surface area contributed by atoms with E-state index >= 15 is 0 Å². The topological polar surface area (TPSA) is 108 Å². The van der Waals surface area contributed by atoms with Gasteiger partial charge in [-0.25, -0.2) is 4.79 Å². The number of hydrogen-bond donors (Lipinski definition) is 1. The Morgan fingerprint density at radius 2 is 0.511 bits per heavy atom. The zero-order valence-corrected chi connectivity index (χ0v) is 60.2. The predicted molar refractivity (Wildman–Crippen MR) is 379 cm³/mol. The molecule has 0 saturated heterocycles. The van der Waals surface area contributed by atoms with Crippen molar-refractivity contribution in [3.05, 3.63) is 0 Å². The van der Waals surface area contributed by atoms with Crippen LogP contribution in [0.1, 0.15) is 431 Å². The quantitative estimate of drug-likeness (QED) is 0.0278. The summed E-state index contributed by atoms with van der Waals surface area (Å²) >= 11 is 0. The normalized spacial score (nSPS) is 12.5. The fourth-order valence-corrected chi connectivity index (χ4v) is 12.6. The standard InChI is InChI=1S/C79H155NO8/c1-6-8-10-12-14-16-18-20-22-24-26-28-30-32-34-36-38-39-40-42-44-46-48-50-52-54-56-58-60-62-64-66-68-70-77(82)88-75(74-87-79(78(83)84)85-72-71-80(3,4)5)73-86-76(81)69-67-65-63-61-59-57-55-53-51-49-47-45-43-41-37-35-33-31-29-27-25-23-21-19-17-15-13-11-9-7-2/h75,79H,6-74H2,1-5H3/p+1. The Morgan fingerprint density at radius 3 is 0.727 bits per heavy atom. The summed E-state index contributed by atoms with van der Waals surface area (Å²) in [6.45, 7) is 4.99. The zero-order chi connectivity index (χ0) is 64.0. The van der Waals surface area contributed by atoms with Crippen molar-refractivity contribution < 1.29 is 42.9 Å². The number of aliphatic carboxylic acids is 1. The van der Waals surface area contributed by atoms with E-state index in [1.807, 2.05) is 21.1 Å². The smallest absolute Gasteiger partial charge is 0.361 e. The third-order valence-electron chi connectivity index (χ3n) is 18.6. The number of carbonyl (C=O) groups is 3. The largest absolute Gasteiger partial charge is 0.477 e. The average molecular weight is 1250 g/mol. The number of esters is 2. The van der Waals surface area contributed by atoms with E-state index in [0.717, 1.165) is 38.5 Å². The van der Waals surface area contributed by atoms with Gasteiger partial charge in [-0.2, -0.15) is 0 Å². The molecule has 524 valence electrons. The second kappa shape index (κ2) is 71.1. The van der Waals surface area contributed by atoms with Crippen molar-refractivity contribution >= 4 is 17.9 Å². The molecule has 0 heterocycles. The van der Waals surface area contributed by atoms with E-state index in [9.17, 15) is 19.5 Å². The number of carboxylic acid groups (broad SMARTS) is 1. The first kappa shape index (κ1) is 86.3. The Bertz CT molecular complexity index is 1400. The van der Waals surface area contributed by atoms with Gasteiger partial charge in [0.1, 0.15) is 13.2 Å². The number of quaternary nitrogens is 1. The number of likely N-dealkylation sites (N-methyl/N-ethyl adjacent to an activating group) is 1. The number of carboxylic acids is 1. The summed E-state index contributed by atoms with van der Waals surface area (Å²) in [4.78, 5) is 37.7. The van der Waals surface area contributed by atoms with E-state index in [2.05, 4.69) is 13.8 Å². The van der Waals surface area contributed by atoms with Crippen molar-refractivity contribution in [1.29, 1.82) is 0 Å². The Labute approximate surface area is 549 Å². The number of rotatable bonds is 76. The van der Waals surface area contributed by atoms with Crippen LogP contribution in [0.3, 0.4) is 0 Å². The molecule has 2 unspecified atom stereocenters. The third kappa shape index (κ3) is 71.7. The van der Waals surface area contributed by atoms with Crippen LogP contribution < -0.4 is 0 Å². The van der Waals surface area contributed by atoms with Gasteiger partial charge >= 0.3 is 17.9 Å². The maximum atomic E-state index is 13.0. The molecule has 0 aliphatic rings. The molecular weight excluding hydrogens is 1090 g/mol. The van der Waals surface area contributed by atoms with Gasteiger partial charge in [-0.15, -0.1) is 0 Å². The molecule has 0 bridgehead atoms. The molecule has 0 fully saturated rings. The van der Waals surface area contributed by atoms with Crippen LogP contribution in [0.4, 0.5) is 0 Å². The summed E-state index contributed by atoms with van der Waals surface area (Å²) in [5, 5.41) is 9.77. The summed E-state index contributed by atoms with van der Waals surface area (Å²) in [7, 11) is 6.00. The van der Waals surface area contributed by atoms with Crippen LogP contribution in [0.5, 0.6) is 0 Å². The third-order valence-corrected chi connectivity index (χ3v) is 18.6. The molecule has 1 N–H and O–H groups in total. The van der Waals surface area contributed by atoms with Crippen LogP contribution in [-0.2, 0) is 33.3 Å². The Balaban J connectivity index is 3.96. The van der Waals surface area contributed by atoms with Gasteiger partial charge in [0.15, 0.2) is 6.10 Å². The number of unbranched alkanes of at least 4 members (excludes halogenated alkanes) is 61. The van der Waals surface area contributed by atoms with Crippen molar-refractivity contribution in [2.75, 3.05) is 47.5 Å². The SMILES string of the molecule is CCCCCCCCCCCCCCCCCCCCCCCCCCCCCCCCCCCC(=O)OC(COC(=O)CCCCCCCCCCCCCCCCCCCCCCCCCCCCCCCC)COC(OCC[N+](C)(C)C)C(=O)O. The van der Waals surface area contributed by atoms with Gasteiger partial charge in [0.25, 0.3) is 6.29 Å². The number of nitrogens with zero attached hydrogens (tertiary/aromatic N) is 1. The Morgan fingerprint density at radius 1 is 0.295 bits per heavy atom. The van der Waals surface area contributed by atoms with Crippen molar-refractivity contribution in [1.82, 2.24) is 0 Å². The van der Waals surface area contributed by atoms with E-state index in [1.165, 1.54) is 366 Å². The molecule has 0 aliphatic heterocycles. The molecule has 0 aromatic rings. The molecule has 0 aliphatic carbocycles. The highest BCUT2D eigenvalue weighted by molar-refractivity contribution is 5.71. The highest BCUT2D eigenvalue weighted by atomic mass is 16.7. The first-order chi connectivity index (χ1) is 43.1. The highest BCUT2D eigenvalue weighted by Gasteiger charge is 2.25. The lowest BCUT2D eigenvalue weighted by atomic mass is 10.0. The molecule has 0 saturated carbocycles. The van der Waals surface area contributed by atoms with Gasteiger partial charge in [-0.1, -0.05) is 406 Å². The summed E-state index contributed by atoms with van der Waals surface area (Å²) < 4.78 is 23.1. The van der Waals surface area contributed by atoms with Crippen LogP contribution in [0, 0.1) is 0 Å². The predicted octanol–water partition coefficient (Wildman–Crippen LogP) is 25.0. The van der Waals surface area contributed by atoms with Gasteiger partial charge in [-0.3, -0.25) is 9.59 Å². The fourth-order valence-electron chi connectivity index (χ4n) is 12.6. The van der Waals surface area contributed by atoms with Crippen molar-refractivity contribution in [2.24, 2.45) is 0 Å². The minimum absolute atomic E-state index is 0.172. The molecule has 0 amide bonds. The molecule has 0 rings (SSSR count). The Hall–Kier alpha value is -1.71. The average Bonchev–Trinajstić information content (AvgIpc) is 3.62. The summed E-state index contributed by atoms with van der Waals surface area (Å²) in [5.74, 6) is -1.96. The molecule has 9 heteroatoms. The molecule has 88 heavy (non-hydrogen) atoms. The van der Waals surface area contributed by atoms with Gasteiger partial charge in [0.05, 0.1) is 34.4 Å².